The van der Waals surface area contributed by atoms with E-state index in [0.29, 0.717) is 5.54 Å². The zero-order chi connectivity index (χ0) is 7.73. The highest BCUT2D eigenvalue weighted by molar-refractivity contribution is 4.99. The van der Waals surface area contributed by atoms with E-state index >= 15 is 0 Å². The predicted molar refractivity (Wildman–Crippen MR) is 47.6 cm³/mol. The van der Waals surface area contributed by atoms with Crippen molar-refractivity contribution in [1.82, 2.24) is 5.32 Å². The Morgan fingerprint density at radius 2 is 2.45 bits per heavy atom. The second kappa shape index (κ2) is 2.78. The number of hydrogen-bond acceptors (Lipinski definition) is 1. The van der Waals surface area contributed by atoms with Crippen molar-refractivity contribution in [1.29, 1.82) is 0 Å². The molecule has 1 heteroatoms. The molecule has 2 unspecified atom stereocenters. The smallest absolute Gasteiger partial charge is 0.0184 e. The first-order valence-corrected chi connectivity index (χ1v) is 5.10. The Labute approximate surface area is 69.6 Å². The molecule has 1 heterocycles. The van der Waals surface area contributed by atoms with Crippen LogP contribution in [0.2, 0.25) is 0 Å². The van der Waals surface area contributed by atoms with Crippen LogP contribution in [-0.2, 0) is 0 Å². The van der Waals surface area contributed by atoms with Crippen LogP contribution in [-0.4, -0.2) is 12.1 Å². The van der Waals surface area contributed by atoms with Gasteiger partial charge in [0.25, 0.3) is 0 Å². The van der Waals surface area contributed by atoms with Crippen LogP contribution in [0.1, 0.15) is 45.4 Å². The average Bonchev–Trinajstić information content (AvgIpc) is 2.28. The van der Waals surface area contributed by atoms with Gasteiger partial charge in [0.15, 0.2) is 0 Å². The highest BCUT2D eigenvalue weighted by atomic mass is 15.0. The fourth-order valence-electron chi connectivity index (χ4n) is 2.98. The van der Waals surface area contributed by atoms with E-state index in [1.165, 1.54) is 45.1 Å². The summed E-state index contributed by atoms with van der Waals surface area (Å²) in [4.78, 5) is 0. The first kappa shape index (κ1) is 7.60. The highest BCUT2D eigenvalue weighted by Gasteiger charge is 2.40. The zero-order valence-electron chi connectivity index (χ0n) is 7.53. The molecule has 2 aliphatic rings. The second-order valence-corrected chi connectivity index (χ2v) is 4.37. The number of hydrogen-bond donors (Lipinski definition) is 1. The maximum atomic E-state index is 3.73. The first-order chi connectivity index (χ1) is 5.35. The summed E-state index contributed by atoms with van der Waals surface area (Å²) < 4.78 is 0. The van der Waals surface area contributed by atoms with Crippen molar-refractivity contribution in [2.75, 3.05) is 6.54 Å². The molecule has 64 valence electrons. The summed E-state index contributed by atoms with van der Waals surface area (Å²) >= 11 is 0. The maximum Gasteiger partial charge on any atom is 0.0184 e. The Balaban J connectivity index is 2.01. The van der Waals surface area contributed by atoms with Gasteiger partial charge in [-0.15, -0.1) is 0 Å². The quantitative estimate of drug-likeness (QED) is 0.642. The standard InChI is InChI=1S/C10H19N/c1-2-5-10-6-3-4-9(7-10)8-11-10/h9,11H,2-8H2,1H3. The second-order valence-electron chi connectivity index (χ2n) is 4.37. The van der Waals surface area contributed by atoms with Gasteiger partial charge in [-0.3, -0.25) is 0 Å². The molecule has 2 bridgehead atoms. The summed E-state index contributed by atoms with van der Waals surface area (Å²) in [6.07, 6.45) is 8.62. The van der Waals surface area contributed by atoms with E-state index in [-0.39, 0.29) is 0 Å². The Kier molecular flexibility index (Phi) is 1.92. The van der Waals surface area contributed by atoms with Crippen LogP contribution in [0.25, 0.3) is 0 Å². The van der Waals surface area contributed by atoms with Crippen LogP contribution in [0.4, 0.5) is 0 Å². The van der Waals surface area contributed by atoms with Gasteiger partial charge in [0.2, 0.25) is 0 Å². The van der Waals surface area contributed by atoms with E-state index in [4.69, 9.17) is 0 Å². The van der Waals surface area contributed by atoms with Crippen LogP contribution < -0.4 is 5.32 Å². The van der Waals surface area contributed by atoms with Gasteiger partial charge >= 0.3 is 0 Å². The summed E-state index contributed by atoms with van der Waals surface area (Å²) in [6, 6.07) is 0. The Morgan fingerprint density at radius 3 is 3.27 bits per heavy atom. The largest absolute Gasteiger partial charge is 0.311 e. The van der Waals surface area contributed by atoms with Crippen molar-refractivity contribution in [3.05, 3.63) is 0 Å². The van der Waals surface area contributed by atoms with Gasteiger partial charge in [-0.1, -0.05) is 19.8 Å². The molecular formula is C10H19N. The number of fused-ring (bicyclic) bond motifs is 2. The van der Waals surface area contributed by atoms with Crippen molar-refractivity contribution in [2.45, 2.75) is 51.0 Å². The van der Waals surface area contributed by atoms with Gasteiger partial charge in [0, 0.05) is 5.54 Å². The summed E-state index contributed by atoms with van der Waals surface area (Å²) in [5.74, 6) is 1.02. The molecule has 0 amide bonds. The van der Waals surface area contributed by atoms with E-state index in [0.717, 1.165) is 5.92 Å². The SMILES string of the molecule is CCCC12CCCC(CN1)C2. The molecule has 2 rings (SSSR count). The van der Waals surface area contributed by atoms with E-state index in [9.17, 15) is 0 Å². The van der Waals surface area contributed by atoms with Gasteiger partial charge in [-0.05, 0) is 38.1 Å². The molecule has 1 N–H and O–H groups in total. The zero-order valence-corrected chi connectivity index (χ0v) is 7.53. The summed E-state index contributed by atoms with van der Waals surface area (Å²) in [6.45, 7) is 3.61. The van der Waals surface area contributed by atoms with Crippen molar-refractivity contribution in [3.8, 4) is 0 Å². The Morgan fingerprint density at radius 1 is 1.55 bits per heavy atom. The van der Waals surface area contributed by atoms with Crippen molar-refractivity contribution >= 4 is 0 Å². The van der Waals surface area contributed by atoms with Crippen molar-refractivity contribution < 1.29 is 0 Å². The van der Waals surface area contributed by atoms with Gasteiger partial charge in [-0.2, -0.15) is 0 Å². The van der Waals surface area contributed by atoms with E-state index in [2.05, 4.69) is 12.2 Å². The lowest BCUT2D eigenvalue weighted by Crippen LogP contribution is -2.39. The molecule has 1 aliphatic heterocycles. The monoisotopic (exact) mass is 153 g/mol. The molecule has 0 spiro atoms. The molecule has 0 aromatic carbocycles. The molecular weight excluding hydrogens is 134 g/mol. The third-order valence-corrected chi connectivity index (χ3v) is 3.44. The van der Waals surface area contributed by atoms with Crippen LogP contribution in [0.3, 0.4) is 0 Å². The fourth-order valence-corrected chi connectivity index (χ4v) is 2.98. The number of rotatable bonds is 2. The molecule has 2 fully saturated rings. The lowest BCUT2D eigenvalue weighted by atomic mass is 9.78. The predicted octanol–water partition coefficient (Wildman–Crippen LogP) is 2.32. The molecule has 1 aliphatic carbocycles. The summed E-state index contributed by atoms with van der Waals surface area (Å²) in [5, 5.41) is 3.73. The first-order valence-electron chi connectivity index (χ1n) is 5.10. The topological polar surface area (TPSA) is 12.0 Å². The number of nitrogens with one attached hydrogen (secondary N) is 1. The molecule has 1 nitrogen and oxygen atoms in total. The van der Waals surface area contributed by atoms with Crippen molar-refractivity contribution in [2.24, 2.45) is 5.92 Å². The van der Waals surface area contributed by atoms with Crippen molar-refractivity contribution in [3.63, 3.8) is 0 Å². The third-order valence-electron chi connectivity index (χ3n) is 3.44. The molecule has 1 saturated carbocycles. The van der Waals surface area contributed by atoms with E-state index < -0.39 is 0 Å². The molecule has 0 aromatic rings. The minimum absolute atomic E-state index is 0.595. The Bertz CT molecular complexity index is 134. The average molecular weight is 153 g/mol. The minimum atomic E-state index is 0.595. The lowest BCUT2D eigenvalue weighted by molar-refractivity contribution is 0.263. The lowest BCUT2D eigenvalue weighted by Gasteiger charge is -2.32. The van der Waals surface area contributed by atoms with E-state index in [1.807, 2.05) is 0 Å². The fraction of sp³-hybridized carbons (Fsp3) is 1.00. The molecule has 1 saturated heterocycles. The third kappa shape index (κ3) is 1.31. The summed E-state index contributed by atoms with van der Waals surface area (Å²) in [5.41, 5.74) is 0.595. The van der Waals surface area contributed by atoms with Crippen LogP contribution in [0.15, 0.2) is 0 Å². The van der Waals surface area contributed by atoms with Crippen LogP contribution in [0, 0.1) is 5.92 Å². The van der Waals surface area contributed by atoms with Gasteiger partial charge in [0.05, 0.1) is 0 Å². The van der Waals surface area contributed by atoms with E-state index in [1.54, 1.807) is 0 Å². The van der Waals surface area contributed by atoms with Gasteiger partial charge in [-0.25, -0.2) is 0 Å². The summed E-state index contributed by atoms with van der Waals surface area (Å²) in [7, 11) is 0. The van der Waals surface area contributed by atoms with Gasteiger partial charge < -0.3 is 5.32 Å². The Hall–Kier alpha value is -0.0400. The molecule has 2 atom stereocenters. The molecule has 0 radical (unpaired) electrons. The maximum absolute atomic E-state index is 3.73. The highest BCUT2D eigenvalue weighted by Crippen LogP contribution is 2.39. The van der Waals surface area contributed by atoms with Crippen LogP contribution >= 0.6 is 0 Å². The molecule has 11 heavy (non-hydrogen) atoms. The normalized spacial score (nSPS) is 42.8. The van der Waals surface area contributed by atoms with Crippen LogP contribution in [0.5, 0.6) is 0 Å². The molecule has 0 aromatic heterocycles. The minimum Gasteiger partial charge on any atom is -0.311 e. The van der Waals surface area contributed by atoms with Gasteiger partial charge in [0.1, 0.15) is 0 Å².